The molecule has 0 aliphatic carbocycles. The first-order valence-electron chi connectivity index (χ1n) is 8.20. The maximum absolute atomic E-state index is 12.5. The number of carbonyl (C=O) groups excluding carboxylic acids is 2. The maximum Gasteiger partial charge on any atom is 0.273 e. The van der Waals surface area contributed by atoms with Gasteiger partial charge in [0, 0.05) is 24.0 Å². The van der Waals surface area contributed by atoms with Crippen molar-refractivity contribution < 1.29 is 9.59 Å². The zero-order valence-electron chi connectivity index (χ0n) is 14.9. The van der Waals surface area contributed by atoms with E-state index >= 15 is 0 Å². The van der Waals surface area contributed by atoms with Crippen molar-refractivity contribution in [2.45, 2.75) is 13.8 Å². The van der Waals surface area contributed by atoms with Gasteiger partial charge in [-0.1, -0.05) is 23.8 Å². The first-order valence-corrected chi connectivity index (χ1v) is 8.20. The summed E-state index contributed by atoms with van der Waals surface area (Å²) >= 11 is 0. The minimum Gasteiger partial charge on any atom is -0.330 e. The summed E-state index contributed by atoms with van der Waals surface area (Å²) in [5.74, 6) is -0.505. The predicted octanol–water partition coefficient (Wildman–Crippen LogP) is 3.54. The van der Waals surface area contributed by atoms with E-state index in [9.17, 15) is 9.59 Å². The van der Waals surface area contributed by atoms with E-state index < -0.39 is 0 Å². The number of hydrogen-bond donors (Lipinski definition) is 2. The molecule has 0 spiro atoms. The van der Waals surface area contributed by atoms with Gasteiger partial charge in [-0.3, -0.25) is 9.59 Å². The largest absolute Gasteiger partial charge is 0.330 e. The van der Waals surface area contributed by atoms with Crippen LogP contribution in [0.15, 0.2) is 55.0 Å². The van der Waals surface area contributed by atoms with Crippen molar-refractivity contribution in [2.24, 2.45) is 7.05 Å². The number of anilines is 2. The average molecular weight is 348 g/mol. The van der Waals surface area contributed by atoms with Crippen LogP contribution in [0.3, 0.4) is 0 Å². The lowest BCUT2D eigenvalue weighted by molar-refractivity contribution is 0.101. The molecule has 0 saturated heterocycles. The number of rotatable bonds is 4. The van der Waals surface area contributed by atoms with Crippen molar-refractivity contribution in [3.63, 3.8) is 0 Å². The van der Waals surface area contributed by atoms with Crippen molar-refractivity contribution in [2.75, 3.05) is 10.6 Å². The number of carbonyl (C=O) groups is 2. The van der Waals surface area contributed by atoms with Crippen LogP contribution >= 0.6 is 0 Å². The summed E-state index contributed by atoms with van der Waals surface area (Å²) in [4.78, 5) is 28.8. The molecule has 0 aliphatic rings. The smallest absolute Gasteiger partial charge is 0.273 e. The van der Waals surface area contributed by atoms with Crippen molar-refractivity contribution in [3.05, 3.63) is 77.4 Å². The van der Waals surface area contributed by atoms with Gasteiger partial charge in [-0.2, -0.15) is 0 Å². The Kier molecular flexibility index (Phi) is 4.84. The van der Waals surface area contributed by atoms with E-state index in [-0.39, 0.29) is 11.8 Å². The molecule has 1 heterocycles. The van der Waals surface area contributed by atoms with Crippen molar-refractivity contribution in [3.8, 4) is 0 Å². The molecule has 3 aromatic rings. The van der Waals surface area contributed by atoms with Crippen LogP contribution < -0.4 is 10.6 Å². The first-order chi connectivity index (χ1) is 12.4. The summed E-state index contributed by atoms with van der Waals surface area (Å²) in [7, 11) is 1.75. The van der Waals surface area contributed by atoms with Gasteiger partial charge in [-0.05, 0) is 43.7 Å². The van der Waals surface area contributed by atoms with Crippen LogP contribution in [-0.2, 0) is 7.05 Å². The van der Waals surface area contributed by atoms with Crippen LogP contribution in [0.5, 0.6) is 0 Å². The van der Waals surface area contributed by atoms with Crippen LogP contribution in [0.1, 0.15) is 32.0 Å². The molecule has 2 amide bonds. The molecule has 132 valence electrons. The molecule has 0 fully saturated rings. The lowest BCUT2D eigenvalue weighted by Gasteiger charge is -2.11. The highest BCUT2D eigenvalue weighted by Crippen LogP contribution is 2.19. The minimum atomic E-state index is -0.274. The van der Waals surface area contributed by atoms with Crippen molar-refractivity contribution in [1.29, 1.82) is 0 Å². The molecule has 0 saturated carbocycles. The second kappa shape index (κ2) is 7.23. The summed E-state index contributed by atoms with van der Waals surface area (Å²) in [6, 6.07) is 12.8. The number of nitrogens with zero attached hydrogens (tertiary/aromatic N) is 2. The molecule has 0 aliphatic heterocycles. The second-order valence-electron chi connectivity index (χ2n) is 6.19. The van der Waals surface area contributed by atoms with Crippen LogP contribution in [0, 0.1) is 13.8 Å². The Morgan fingerprint density at radius 1 is 0.962 bits per heavy atom. The minimum absolute atomic E-state index is 0.232. The molecule has 0 bridgehead atoms. The van der Waals surface area contributed by atoms with Gasteiger partial charge in [0.25, 0.3) is 11.8 Å². The number of hydrogen-bond acceptors (Lipinski definition) is 3. The fourth-order valence-corrected chi connectivity index (χ4v) is 2.50. The highest BCUT2D eigenvalue weighted by atomic mass is 16.2. The van der Waals surface area contributed by atoms with E-state index in [0.29, 0.717) is 16.9 Å². The SMILES string of the molecule is Cc1ccc(NC(=O)c2ccc(C)c(NC(=O)c3cncn3C)c2)cc1. The molecule has 2 aromatic carbocycles. The maximum atomic E-state index is 12.5. The fourth-order valence-electron chi connectivity index (χ4n) is 2.50. The van der Waals surface area contributed by atoms with Crippen molar-refractivity contribution >= 4 is 23.2 Å². The van der Waals surface area contributed by atoms with Crippen LogP contribution in [0.4, 0.5) is 11.4 Å². The van der Waals surface area contributed by atoms with E-state index in [4.69, 9.17) is 0 Å². The number of aromatic nitrogens is 2. The summed E-state index contributed by atoms with van der Waals surface area (Å²) in [6.07, 6.45) is 3.06. The molecule has 0 unspecified atom stereocenters. The molecule has 1 aromatic heterocycles. The Bertz CT molecular complexity index is 958. The zero-order chi connectivity index (χ0) is 18.7. The standard InChI is InChI=1S/C20H20N4O2/c1-13-4-8-16(9-5-13)22-19(25)15-7-6-14(2)17(10-15)23-20(26)18-11-21-12-24(18)3/h4-12H,1-3H3,(H,22,25)(H,23,26). The second-order valence-corrected chi connectivity index (χ2v) is 6.19. The molecular weight excluding hydrogens is 328 g/mol. The third kappa shape index (κ3) is 3.80. The number of nitrogens with one attached hydrogen (secondary N) is 2. The molecule has 2 N–H and O–H groups in total. The monoisotopic (exact) mass is 348 g/mol. The molecule has 3 rings (SSSR count). The lowest BCUT2D eigenvalue weighted by Crippen LogP contribution is -2.17. The molecule has 0 radical (unpaired) electrons. The van der Waals surface area contributed by atoms with E-state index in [1.165, 1.54) is 6.20 Å². The number of benzene rings is 2. The molecule has 0 atom stereocenters. The average Bonchev–Trinajstić information content (AvgIpc) is 3.05. The van der Waals surface area contributed by atoms with Crippen LogP contribution in [0.2, 0.25) is 0 Å². The van der Waals surface area contributed by atoms with E-state index in [0.717, 1.165) is 16.8 Å². The van der Waals surface area contributed by atoms with Gasteiger partial charge in [-0.15, -0.1) is 0 Å². The highest BCUT2D eigenvalue weighted by Gasteiger charge is 2.13. The third-order valence-corrected chi connectivity index (χ3v) is 4.11. The zero-order valence-corrected chi connectivity index (χ0v) is 14.9. The van der Waals surface area contributed by atoms with Crippen molar-refractivity contribution in [1.82, 2.24) is 9.55 Å². The van der Waals surface area contributed by atoms with E-state index in [2.05, 4.69) is 15.6 Å². The van der Waals surface area contributed by atoms with Gasteiger partial charge in [0.05, 0.1) is 12.5 Å². The first kappa shape index (κ1) is 17.4. The Labute approximate surface area is 151 Å². The van der Waals surface area contributed by atoms with Crippen LogP contribution in [0.25, 0.3) is 0 Å². The molecule has 6 heteroatoms. The molecular formula is C20H20N4O2. The number of amides is 2. The summed E-state index contributed by atoms with van der Waals surface area (Å²) in [5.41, 5.74) is 4.22. The Balaban J connectivity index is 1.78. The summed E-state index contributed by atoms with van der Waals surface area (Å²) in [6.45, 7) is 3.86. The quantitative estimate of drug-likeness (QED) is 0.757. The van der Waals surface area contributed by atoms with Gasteiger partial charge in [0.1, 0.15) is 5.69 Å². The summed E-state index contributed by atoms with van der Waals surface area (Å²) in [5, 5.41) is 5.70. The van der Waals surface area contributed by atoms with Gasteiger partial charge in [0.15, 0.2) is 0 Å². The molecule has 6 nitrogen and oxygen atoms in total. The Hall–Kier alpha value is -3.41. The fraction of sp³-hybridized carbons (Fsp3) is 0.150. The number of aryl methyl sites for hydroxylation is 3. The topological polar surface area (TPSA) is 76.0 Å². The van der Waals surface area contributed by atoms with Crippen LogP contribution in [-0.4, -0.2) is 21.4 Å². The Morgan fingerprint density at radius 3 is 2.35 bits per heavy atom. The number of imidazole rings is 1. The molecule has 26 heavy (non-hydrogen) atoms. The third-order valence-electron chi connectivity index (χ3n) is 4.11. The summed E-state index contributed by atoms with van der Waals surface area (Å²) < 4.78 is 1.64. The van der Waals surface area contributed by atoms with Gasteiger partial charge < -0.3 is 15.2 Å². The lowest BCUT2D eigenvalue weighted by atomic mass is 10.1. The normalized spacial score (nSPS) is 10.4. The van der Waals surface area contributed by atoms with E-state index in [1.54, 1.807) is 30.1 Å². The van der Waals surface area contributed by atoms with E-state index in [1.807, 2.05) is 44.2 Å². The predicted molar refractivity (Wildman–Crippen MR) is 101 cm³/mol. The highest BCUT2D eigenvalue weighted by molar-refractivity contribution is 6.07. The van der Waals surface area contributed by atoms with Gasteiger partial charge >= 0.3 is 0 Å². The van der Waals surface area contributed by atoms with Gasteiger partial charge in [-0.25, -0.2) is 4.98 Å². The van der Waals surface area contributed by atoms with Gasteiger partial charge in [0.2, 0.25) is 0 Å². The Morgan fingerprint density at radius 2 is 1.69 bits per heavy atom.